The second-order valence-corrected chi connectivity index (χ2v) is 5.18. The maximum Gasteiger partial charge on any atom is 0.218 e. The number of nitrogens with one attached hydrogen (secondary N) is 1. The van der Waals surface area contributed by atoms with E-state index < -0.39 is 0 Å². The largest absolute Gasteiger partial charge is 0.481 e. The number of nitrogens with zero attached hydrogens (tertiary/aromatic N) is 3. The van der Waals surface area contributed by atoms with Crippen LogP contribution in [0, 0.1) is 5.92 Å². The third-order valence-electron chi connectivity index (χ3n) is 3.61. The first-order chi connectivity index (χ1) is 10.2. The van der Waals surface area contributed by atoms with E-state index in [1.165, 1.54) is 0 Å². The first-order valence-corrected chi connectivity index (χ1v) is 7.22. The molecule has 21 heavy (non-hydrogen) atoms. The molecule has 1 atom stereocenters. The van der Waals surface area contributed by atoms with Gasteiger partial charge in [-0.1, -0.05) is 6.07 Å². The summed E-state index contributed by atoms with van der Waals surface area (Å²) in [5, 5.41) is 3.35. The van der Waals surface area contributed by atoms with Gasteiger partial charge >= 0.3 is 0 Å². The Kier molecular flexibility index (Phi) is 5.80. The van der Waals surface area contributed by atoms with E-state index in [0.29, 0.717) is 18.3 Å². The molecular formula is C15H24N4O2. The Morgan fingerprint density at radius 3 is 3.14 bits per heavy atom. The summed E-state index contributed by atoms with van der Waals surface area (Å²) in [6.07, 6.45) is 2.85. The van der Waals surface area contributed by atoms with Gasteiger partial charge in [-0.15, -0.1) is 0 Å². The first-order valence-electron chi connectivity index (χ1n) is 7.22. The maximum absolute atomic E-state index is 5.42. The summed E-state index contributed by atoms with van der Waals surface area (Å²) < 4.78 is 10.7. The van der Waals surface area contributed by atoms with Gasteiger partial charge < -0.3 is 19.7 Å². The van der Waals surface area contributed by atoms with E-state index in [1.54, 1.807) is 20.4 Å². The molecule has 0 spiro atoms. The highest BCUT2D eigenvalue weighted by atomic mass is 16.5. The van der Waals surface area contributed by atoms with Crippen molar-refractivity contribution >= 4 is 5.96 Å². The Bertz CT molecular complexity index is 472. The van der Waals surface area contributed by atoms with Crippen LogP contribution in [0.5, 0.6) is 5.88 Å². The van der Waals surface area contributed by atoms with Crippen LogP contribution in [-0.4, -0.2) is 56.8 Å². The number of guanidine groups is 1. The zero-order chi connectivity index (χ0) is 15.1. The topological polar surface area (TPSA) is 59.0 Å². The molecule has 0 saturated carbocycles. The molecule has 0 amide bonds. The molecule has 1 aromatic heterocycles. The van der Waals surface area contributed by atoms with Gasteiger partial charge in [0.15, 0.2) is 5.96 Å². The van der Waals surface area contributed by atoms with Gasteiger partial charge in [-0.3, -0.25) is 4.99 Å². The van der Waals surface area contributed by atoms with Crippen molar-refractivity contribution in [3.63, 3.8) is 0 Å². The second kappa shape index (κ2) is 7.83. The molecule has 6 heteroatoms. The molecule has 1 aromatic rings. The number of aromatic nitrogens is 1. The van der Waals surface area contributed by atoms with Crippen molar-refractivity contribution in [3.8, 4) is 5.88 Å². The molecule has 1 fully saturated rings. The van der Waals surface area contributed by atoms with Crippen LogP contribution < -0.4 is 10.1 Å². The number of hydrogen-bond acceptors (Lipinski definition) is 4. The van der Waals surface area contributed by atoms with Crippen LogP contribution in [-0.2, 0) is 11.3 Å². The van der Waals surface area contributed by atoms with E-state index in [1.807, 2.05) is 19.2 Å². The smallest absolute Gasteiger partial charge is 0.218 e. The zero-order valence-electron chi connectivity index (χ0n) is 13.0. The molecule has 2 heterocycles. The summed E-state index contributed by atoms with van der Waals surface area (Å²) in [6, 6.07) is 3.90. The van der Waals surface area contributed by atoms with Gasteiger partial charge in [-0.05, 0) is 12.5 Å². The molecule has 1 N–H and O–H groups in total. The average molecular weight is 292 g/mol. The summed E-state index contributed by atoms with van der Waals surface area (Å²) in [7, 11) is 5.48. The minimum Gasteiger partial charge on any atom is -0.481 e. The van der Waals surface area contributed by atoms with Crippen molar-refractivity contribution in [2.24, 2.45) is 10.9 Å². The van der Waals surface area contributed by atoms with Gasteiger partial charge in [-0.2, -0.15) is 0 Å². The van der Waals surface area contributed by atoms with Gasteiger partial charge in [0.25, 0.3) is 0 Å². The Morgan fingerprint density at radius 1 is 1.62 bits per heavy atom. The average Bonchev–Trinajstić information content (AvgIpc) is 3.01. The number of ether oxygens (including phenoxy) is 2. The minimum absolute atomic E-state index is 0.585. The Balaban J connectivity index is 1.89. The number of hydrogen-bond donors (Lipinski definition) is 1. The van der Waals surface area contributed by atoms with Crippen LogP contribution in [0.15, 0.2) is 23.3 Å². The molecule has 116 valence electrons. The SMILES string of the molecule is CN=C(NCc1cccnc1OC)N(C)CC1CCOC1. The van der Waals surface area contributed by atoms with Crippen LogP contribution in [0.2, 0.25) is 0 Å². The third kappa shape index (κ3) is 4.32. The maximum atomic E-state index is 5.42. The summed E-state index contributed by atoms with van der Waals surface area (Å²) >= 11 is 0. The van der Waals surface area contributed by atoms with Crippen LogP contribution in [0.3, 0.4) is 0 Å². The summed E-state index contributed by atoms with van der Waals surface area (Å²) in [5.74, 6) is 2.10. The number of aliphatic imine (C=N–C) groups is 1. The fourth-order valence-electron chi connectivity index (χ4n) is 2.50. The predicted molar refractivity (Wildman–Crippen MR) is 82.5 cm³/mol. The lowest BCUT2D eigenvalue weighted by molar-refractivity contribution is 0.181. The lowest BCUT2D eigenvalue weighted by atomic mass is 10.1. The first kappa shape index (κ1) is 15.6. The van der Waals surface area contributed by atoms with Crippen molar-refractivity contribution in [1.82, 2.24) is 15.2 Å². The molecule has 0 radical (unpaired) electrons. The van der Waals surface area contributed by atoms with Crippen LogP contribution >= 0.6 is 0 Å². The fraction of sp³-hybridized carbons (Fsp3) is 0.600. The summed E-state index contributed by atoms with van der Waals surface area (Å²) in [6.45, 7) is 3.30. The van der Waals surface area contributed by atoms with E-state index in [9.17, 15) is 0 Å². The Labute approximate surface area is 126 Å². The van der Waals surface area contributed by atoms with Gasteiger partial charge in [-0.25, -0.2) is 4.98 Å². The number of methoxy groups -OCH3 is 1. The molecule has 1 aliphatic rings. The monoisotopic (exact) mass is 292 g/mol. The van der Waals surface area contributed by atoms with Gasteiger partial charge in [0.1, 0.15) is 0 Å². The zero-order valence-corrected chi connectivity index (χ0v) is 13.0. The summed E-state index contributed by atoms with van der Waals surface area (Å²) in [4.78, 5) is 10.7. The number of pyridine rings is 1. The van der Waals surface area contributed by atoms with Crippen molar-refractivity contribution in [1.29, 1.82) is 0 Å². The van der Waals surface area contributed by atoms with Crippen molar-refractivity contribution in [3.05, 3.63) is 23.9 Å². The molecular weight excluding hydrogens is 268 g/mol. The fourth-order valence-corrected chi connectivity index (χ4v) is 2.50. The van der Waals surface area contributed by atoms with Crippen molar-refractivity contribution < 1.29 is 9.47 Å². The molecule has 0 aliphatic carbocycles. The molecule has 1 aliphatic heterocycles. The highest BCUT2D eigenvalue weighted by Gasteiger charge is 2.19. The van der Waals surface area contributed by atoms with E-state index in [0.717, 1.165) is 37.7 Å². The van der Waals surface area contributed by atoms with E-state index in [-0.39, 0.29) is 0 Å². The van der Waals surface area contributed by atoms with E-state index >= 15 is 0 Å². The minimum atomic E-state index is 0.585. The molecule has 1 unspecified atom stereocenters. The molecule has 2 rings (SSSR count). The van der Waals surface area contributed by atoms with Gasteiger partial charge in [0.2, 0.25) is 5.88 Å². The third-order valence-corrected chi connectivity index (χ3v) is 3.61. The molecule has 1 saturated heterocycles. The predicted octanol–water partition coefficient (Wildman–Crippen LogP) is 1.13. The standard InChI is InChI=1S/C15H24N4O2/c1-16-15(19(2)10-12-6-8-21-11-12)18-9-13-5-4-7-17-14(13)20-3/h4-5,7,12H,6,8-11H2,1-3H3,(H,16,18). The normalized spacial score (nSPS) is 18.6. The lowest BCUT2D eigenvalue weighted by Crippen LogP contribution is -2.41. The van der Waals surface area contributed by atoms with E-state index in [2.05, 4.69) is 20.2 Å². The van der Waals surface area contributed by atoms with Gasteiger partial charge in [0, 0.05) is 51.5 Å². The quantitative estimate of drug-likeness (QED) is 0.651. The molecule has 0 aromatic carbocycles. The van der Waals surface area contributed by atoms with Crippen molar-refractivity contribution in [2.75, 3.05) is 41.0 Å². The highest BCUT2D eigenvalue weighted by molar-refractivity contribution is 5.79. The van der Waals surface area contributed by atoms with Gasteiger partial charge in [0.05, 0.1) is 13.7 Å². The Morgan fingerprint density at radius 2 is 2.48 bits per heavy atom. The number of rotatable bonds is 5. The highest BCUT2D eigenvalue weighted by Crippen LogP contribution is 2.14. The Hall–Kier alpha value is -1.82. The molecule has 6 nitrogen and oxygen atoms in total. The summed E-state index contributed by atoms with van der Waals surface area (Å²) in [5.41, 5.74) is 1.01. The molecule has 0 bridgehead atoms. The van der Waals surface area contributed by atoms with Crippen LogP contribution in [0.25, 0.3) is 0 Å². The van der Waals surface area contributed by atoms with Crippen LogP contribution in [0.1, 0.15) is 12.0 Å². The van der Waals surface area contributed by atoms with Crippen molar-refractivity contribution in [2.45, 2.75) is 13.0 Å². The van der Waals surface area contributed by atoms with E-state index in [4.69, 9.17) is 9.47 Å². The second-order valence-electron chi connectivity index (χ2n) is 5.18. The van der Waals surface area contributed by atoms with Crippen LogP contribution in [0.4, 0.5) is 0 Å². The lowest BCUT2D eigenvalue weighted by Gasteiger charge is -2.24.